The fourth-order valence-electron chi connectivity index (χ4n) is 2.74. The minimum absolute atomic E-state index is 0.00451. The van der Waals surface area contributed by atoms with Crippen LogP contribution in [-0.4, -0.2) is 19.1 Å². The van der Waals surface area contributed by atoms with E-state index in [0.717, 1.165) is 30.6 Å². The molecule has 0 bridgehead atoms. The first-order valence-electron chi connectivity index (χ1n) is 6.82. The SMILES string of the molecule is COc1ccccc1[C@H](C)NC(=O)C1CCCC1N. The first-order chi connectivity index (χ1) is 9.13. The minimum atomic E-state index is -0.0727. The largest absolute Gasteiger partial charge is 0.496 e. The molecule has 0 saturated heterocycles. The van der Waals surface area contributed by atoms with E-state index in [1.165, 1.54) is 0 Å². The van der Waals surface area contributed by atoms with E-state index in [9.17, 15) is 4.79 Å². The van der Waals surface area contributed by atoms with E-state index in [4.69, 9.17) is 10.5 Å². The van der Waals surface area contributed by atoms with Gasteiger partial charge in [-0.3, -0.25) is 4.79 Å². The van der Waals surface area contributed by atoms with Gasteiger partial charge in [-0.25, -0.2) is 0 Å². The van der Waals surface area contributed by atoms with Crippen molar-refractivity contribution in [2.45, 2.75) is 38.3 Å². The smallest absolute Gasteiger partial charge is 0.225 e. The lowest BCUT2D eigenvalue weighted by molar-refractivity contribution is -0.125. The average Bonchev–Trinajstić information content (AvgIpc) is 2.85. The topological polar surface area (TPSA) is 64.3 Å². The lowest BCUT2D eigenvalue weighted by atomic mass is 10.0. The quantitative estimate of drug-likeness (QED) is 0.872. The molecule has 19 heavy (non-hydrogen) atoms. The predicted octanol–water partition coefficient (Wildman–Crippen LogP) is 2.00. The molecule has 4 heteroatoms. The molecular formula is C15H22N2O2. The normalized spacial score (nSPS) is 23.9. The Kier molecular flexibility index (Phi) is 4.43. The molecule has 3 atom stereocenters. The Morgan fingerprint density at radius 2 is 2.16 bits per heavy atom. The van der Waals surface area contributed by atoms with E-state index >= 15 is 0 Å². The van der Waals surface area contributed by atoms with Gasteiger partial charge in [0.25, 0.3) is 0 Å². The molecule has 104 valence electrons. The summed E-state index contributed by atoms with van der Waals surface area (Å²) in [6, 6.07) is 7.67. The van der Waals surface area contributed by atoms with Crippen molar-refractivity contribution >= 4 is 5.91 Å². The number of carbonyl (C=O) groups is 1. The Bertz CT molecular complexity index is 448. The van der Waals surface area contributed by atoms with Crippen molar-refractivity contribution in [1.82, 2.24) is 5.32 Å². The first kappa shape index (κ1) is 13.9. The summed E-state index contributed by atoms with van der Waals surface area (Å²) in [6.07, 6.45) is 2.88. The molecule has 1 aliphatic rings. The van der Waals surface area contributed by atoms with Crippen LogP contribution < -0.4 is 15.8 Å². The molecule has 0 heterocycles. The summed E-state index contributed by atoms with van der Waals surface area (Å²) < 4.78 is 5.32. The van der Waals surface area contributed by atoms with Crippen LogP contribution in [-0.2, 0) is 4.79 Å². The number of amides is 1. The molecule has 0 radical (unpaired) electrons. The van der Waals surface area contributed by atoms with Crippen LogP contribution in [0.3, 0.4) is 0 Å². The summed E-state index contributed by atoms with van der Waals surface area (Å²) >= 11 is 0. The van der Waals surface area contributed by atoms with Crippen LogP contribution in [0.1, 0.15) is 37.8 Å². The maximum absolute atomic E-state index is 12.2. The number of benzene rings is 1. The third-order valence-electron chi connectivity index (χ3n) is 3.87. The summed E-state index contributed by atoms with van der Waals surface area (Å²) in [4.78, 5) is 12.2. The van der Waals surface area contributed by atoms with E-state index in [2.05, 4.69) is 5.32 Å². The van der Waals surface area contributed by atoms with Crippen LogP contribution in [0.15, 0.2) is 24.3 Å². The van der Waals surface area contributed by atoms with E-state index in [-0.39, 0.29) is 23.9 Å². The Labute approximate surface area is 114 Å². The van der Waals surface area contributed by atoms with Crippen LogP contribution in [0.2, 0.25) is 0 Å². The highest BCUT2D eigenvalue weighted by atomic mass is 16.5. The zero-order chi connectivity index (χ0) is 13.8. The fraction of sp³-hybridized carbons (Fsp3) is 0.533. The van der Waals surface area contributed by atoms with Gasteiger partial charge in [0.15, 0.2) is 0 Å². The van der Waals surface area contributed by atoms with Crippen LogP contribution in [0, 0.1) is 5.92 Å². The van der Waals surface area contributed by atoms with E-state index in [1.807, 2.05) is 31.2 Å². The molecule has 2 rings (SSSR count). The van der Waals surface area contributed by atoms with Gasteiger partial charge in [0.05, 0.1) is 19.1 Å². The molecule has 4 nitrogen and oxygen atoms in total. The highest BCUT2D eigenvalue weighted by Gasteiger charge is 2.31. The number of hydrogen-bond acceptors (Lipinski definition) is 3. The molecule has 1 aromatic rings. The van der Waals surface area contributed by atoms with E-state index in [1.54, 1.807) is 7.11 Å². The second kappa shape index (κ2) is 6.06. The van der Waals surface area contributed by atoms with Crippen LogP contribution >= 0.6 is 0 Å². The highest BCUT2D eigenvalue weighted by Crippen LogP contribution is 2.27. The fourth-order valence-corrected chi connectivity index (χ4v) is 2.74. The van der Waals surface area contributed by atoms with Gasteiger partial charge in [0.2, 0.25) is 5.91 Å². The standard InChI is InChI=1S/C15H22N2O2/c1-10(11-6-3-4-9-14(11)19-2)17-15(18)12-7-5-8-13(12)16/h3-4,6,9-10,12-13H,5,7-8,16H2,1-2H3,(H,17,18)/t10-,12?,13?/m0/s1. The maximum atomic E-state index is 12.2. The van der Waals surface area contributed by atoms with Crippen molar-refractivity contribution in [2.24, 2.45) is 11.7 Å². The van der Waals surface area contributed by atoms with Crippen molar-refractivity contribution in [3.8, 4) is 5.75 Å². The lowest BCUT2D eigenvalue weighted by Crippen LogP contribution is -2.39. The summed E-state index contributed by atoms with van der Waals surface area (Å²) in [5.74, 6) is 0.812. The van der Waals surface area contributed by atoms with Gasteiger partial charge in [-0.15, -0.1) is 0 Å². The number of nitrogens with one attached hydrogen (secondary N) is 1. The monoisotopic (exact) mass is 262 g/mol. The second-order valence-electron chi connectivity index (χ2n) is 5.17. The number of ether oxygens (including phenoxy) is 1. The van der Waals surface area contributed by atoms with Gasteiger partial charge in [-0.2, -0.15) is 0 Å². The molecule has 1 aliphatic carbocycles. The van der Waals surface area contributed by atoms with Crippen molar-refractivity contribution in [3.05, 3.63) is 29.8 Å². The molecule has 2 unspecified atom stereocenters. The number of carbonyl (C=O) groups excluding carboxylic acids is 1. The van der Waals surface area contributed by atoms with Crippen molar-refractivity contribution < 1.29 is 9.53 Å². The molecule has 1 aromatic carbocycles. The van der Waals surface area contributed by atoms with Gasteiger partial charge in [0, 0.05) is 11.6 Å². The summed E-state index contributed by atoms with van der Waals surface area (Å²) in [6.45, 7) is 1.97. The Balaban J connectivity index is 2.04. The predicted molar refractivity (Wildman–Crippen MR) is 74.9 cm³/mol. The van der Waals surface area contributed by atoms with Crippen LogP contribution in [0.5, 0.6) is 5.75 Å². The number of rotatable bonds is 4. The second-order valence-corrected chi connectivity index (χ2v) is 5.17. The number of methoxy groups -OCH3 is 1. The summed E-state index contributed by atoms with van der Waals surface area (Å²) in [5, 5.41) is 3.04. The van der Waals surface area contributed by atoms with Crippen LogP contribution in [0.25, 0.3) is 0 Å². The molecule has 0 aliphatic heterocycles. The molecular weight excluding hydrogens is 240 g/mol. The molecule has 1 amide bonds. The third-order valence-corrected chi connectivity index (χ3v) is 3.87. The van der Waals surface area contributed by atoms with Crippen molar-refractivity contribution in [1.29, 1.82) is 0 Å². The van der Waals surface area contributed by atoms with Crippen LogP contribution in [0.4, 0.5) is 0 Å². The van der Waals surface area contributed by atoms with E-state index < -0.39 is 0 Å². The van der Waals surface area contributed by atoms with Gasteiger partial charge >= 0.3 is 0 Å². The first-order valence-corrected chi connectivity index (χ1v) is 6.82. The summed E-state index contributed by atoms with van der Waals surface area (Å²) in [7, 11) is 1.64. The van der Waals surface area contributed by atoms with Crippen molar-refractivity contribution in [2.75, 3.05) is 7.11 Å². The van der Waals surface area contributed by atoms with Gasteiger partial charge < -0.3 is 15.8 Å². The Morgan fingerprint density at radius 1 is 1.42 bits per heavy atom. The number of nitrogens with two attached hydrogens (primary N) is 1. The number of hydrogen-bond donors (Lipinski definition) is 2. The third kappa shape index (κ3) is 3.07. The molecule has 0 spiro atoms. The highest BCUT2D eigenvalue weighted by molar-refractivity contribution is 5.80. The zero-order valence-electron chi connectivity index (χ0n) is 11.6. The number of para-hydroxylation sites is 1. The minimum Gasteiger partial charge on any atom is -0.496 e. The zero-order valence-corrected chi connectivity index (χ0v) is 11.6. The molecule has 1 saturated carbocycles. The van der Waals surface area contributed by atoms with E-state index in [0.29, 0.717) is 0 Å². The lowest BCUT2D eigenvalue weighted by Gasteiger charge is -2.21. The van der Waals surface area contributed by atoms with Gasteiger partial charge in [0.1, 0.15) is 5.75 Å². The molecule has 0 aromatic heterocycles. The summed E-state index contributed by atoms with van der Waals surface area (Å²) in [5.41, 5.74) is 6.96. The molecule has 3 N–H and O–H groups in total. The molecule has 1 fully saturated rings. The Hall–Kier alpha value is -1.55. The van der Waals surface area contributed by atoms with Crippen molar-refractivity contribution in [3.63, 3.8) is 0 Å². The van der Waals surface area contributed by atoms with Gasteiger partial charge in [-0.05, 0) is 25.8 Å². The van der Waals surface area contributed by atoms with Gasteiger partial charge in [-0.1, -0.05) is 24.6 Å². The average molecular weight is 262 g/mol. The maximum Gasteiger partial charge on any atom is 0.225 e. The Morgan fingerprint density at radius 3 is 2.79 bits per heavy atom.